The summed E-state index contributed by atoms with van der Waals surface area (Å²) in [6.07, 6.45) is 7.19. The van der Waals surface area contributed by atoms with Crippen molar-refractivity contribution in [3.63, 3.8) is 0 Å². The lowest BCUT2D eigenvalue weighted by Gasteiger charge is -2.32. The van der Waals surface area contributed by atoms with Gasteiger partial charge in [0, 0.05) is 31.1 Å². The molecule has 2 N–H and O–H groups in total. The van der Waals surface area contributed by atoms with Crippen LogP contribution in [0.25, 0.3) is 0 Å². The average molecular weight is 502 g/mol. The molecule has 0 atom stereocenters. The number of hydrogen-bond donors (Lipinski definition) is 2. The zero-order chi connectivity index (χ0) is 23.9. The summed E-state index contributed by atoms with van der Waals surface area (Å²) in [7, 11) is -3.23. The molecular formula is C22H24ClN7O3S. The summed E-state index contributed by atoms with van der Waals surface area (Å²) in [5.74, 6) is 0.855. The third kappa shape index (κ3) is 4.71. The van der Waals surface area contributed by atoms with E-state index in [2.05, 4.69) is 37.4 Å². The Morgan fingerprint density at radius 3 is 2.88 bits per heavy atom. The van der Waals surface area contributed by atoms with Crippen LogP contribution in [0.2, 0.25) is 5.02 Å². The summed E-state index contributed by atoms with van der Waals surface area (Å²) in [5, 5.41) is 6.77. The van der Waals surface area contributed by atoms with Gasteiger partial charge in [0.05, 0.1) is 52.5 Å². The van der Waals surface area contributed by atoms with E-state index < -0.39 is 9.84 Å². The third-order valence-corrected chi connectivity index (χ3v) is 6.90. The summed E-state index contributed by atoms with van der Waals surface area (Å²) >= 11 is 6.23. The second-order valence-electron chi connectivity index (χ2n) is 8.41. The minimum absolute atomic E-state index is 0.212. The van der Waals surface area contributed by atoms with Gasteiger partial charge in [-0.15, -0.1) is 0 Å². The molecule has 3 aromatic rings. The van der Waals surface area contributed by atoms with Gasteiger partial charge < -0.3 is 20.3 Å². The number of aromatic nitrogens is 4. The molecule has 0 unspecified atom stereocenters. The van der Waals surface area contributed by atoms with E-state index in [0.717, 1.165) is 54.0 Å². The van der Waals surface area contributed by atoms with Gasteiger partial charge in [-0.1, -0.05) is 11.6 Å². The van der Waals surface area contributed by atoms with Crippen molar-refractivity contribution in [3.05, 3.63) is 52.2 Å². The predicted molar refractivity (Wildman–Crippen MR) is 131 cm³/mol. The maximum absolute atomic E-state index is 11.5. The van der Waals surface area contributed by atoms with Crippen molar-refractivity contribution in [3.8, 4) is 5.88 Å². The first-order valence-corrected chi connectivity index (χ1v) is 13.3. The number of rotatable bonds is 5. The second-order valence-corrected chi connectivity index (χ2v) is 11.0. The van der Waals surface area contributed by atoms with Crippen LogP contribution in [0.4, 0.5) is 23.0 Å². The Hall–Kier alpha value is -3.18. The van der Waals surface area contributed by atoms with E-state index in [1.807, 2.05) is 12.4 Å². The maximum atomic E-state index is 11.5. The van der Waals surface area contributed by atoms with Gasteiger partial charge in [0.25, 0.3) is 0 Å². The topological polar surface area (TPSA) is 122 Å². The second kappa shape index (κ2) is 8.88. The highest BCUT2D eigenvalue weighted by Gasteiger charge is 2.24. The largest absolute Gasteiger partial charge is 0.474 e. The molecule has 0 amide bonds. The summed E-state index contributed by atoms with van der Waals surface area (Å²) in [4.78, 5) is 20.1. The Morgan fingerprint density at radius 2 is 2.09 bits per heavy atom. The molecule has 34 heavy (non-hydrogen) atoms. The standard InChI is InChI=1S/C22H24ClN7O3S/c1-13-19(10-26-21-20(13)24-4-6-33-21)30-5-3-14-8-27-22(29-17(14)11-30)28-15-7-16(23)18(25-9-15)12-34(2,31)32/h7-10,24H,3-6,11-12H2,1-2H3,(H,27,28,29). The fourth-order valence-corrected chi connectivity index (χ4v) is 5.16. The van der Waals surface area contributed by atoms with Crippen LogP contribution in [-0.2, 0) is 28.6 Å². The Kier molecular flexibility index (Phi) is 5.90. The molecule has 178 valence electrons. The van der Waals surface area contributed by atoms with E-state index in [9.17, 15) is 8.42 Å². The minimum Gasteiger partial charge on any atom is -0.474 e. The first kappa shape index (κ1) is 22.6. The SMILES string of the molecule is Cc1c(N2CCc3cnc(Nc4cnc(CS(C)(=O)=O)c(Cl)c4)nc3C2)cnc2c1NCCO2. The first-order valence-electron chi connectivity index (χ1n) is 10.8. The first-order chi connectivity index (χ1) is 16.3. The lowest BCUT2D eigenvalue weighted by molar-refractivity contribution is 0.310. The Morgan fingerprint density at radius 1 is 1.24 bits per heavy atom. The predicted octanol–water partition coefficient (Wildman–Crippen LogP) is 2.88. The van der Waals surface area contributed by atoms with E-state index in [1.54, 1.807) is 6.07 Å². The van der Waals surface area contributed by atoms with Crippen molar-refractivity contribution in [2.45, 2.75) is 25.6 Å². The van der Waals surface area contributed by atoms with Gasteiger partial charge in [-0.2, -0.15) is 0 Å². The maximum Gasteiger partial charge on any atom is 0.237 e. The molecular weight excluding hydrogens is 478 g/mol. The molecule has 0 fully saturated rings. The molecule has 5 heterocycles. The molecule has 0 radical (unpaired) electrons. The van der Waals surface area contributed by atoms with Crippen LogP contribution in [0.15, 0.2) is 24.7 Å². The van der Waals surface area contributed by atoms with Gasteiger partial charge in [0.1, 0.15) is 12.3 Å². The van der Waals surface area contributed by atoms with Crippen LogP contribution in [0, 0.1) is 6.92 Å². The van der Waals surface area contributed by atoms with E-state index in [0.29, 0.717) is 36.4 Å². The lowest BCUT2D eigenvalue weighted by atomic mass is 10.0. The number of anilines is 4. The van der Waals surface area contributed by atoms with Crippen molar-refractivity contribution in [2.75, 3.05) is 41.5 Å². The Bertz CT molecular complexity index is 1370. The van der Waals surface area contributed by atoms with Crippen LogP contribution >= 0.6 is 11.6 Å². The smallest absolute Gasteiger partial charge is 0.237 e. The van der Waals surface area contributed by atoms with Crippen molar-refractivity contribution in [2.24, 2.45) is 0 Å². The monoisotopic (exact) mass is 501 g/mol. The summed E-state index contributed by atoms with van der Waals surface area (Å²) < 4.78 is 28.7. The number of pyridine rings is 2. The van der Waals surface area contributed by atoms with E-state index in [1.165, 1.54) is 6.20 Å². The zero-order valence-electron chi connectivity index (χ0n) is 18.8. The van der Waals surface area contributed by atoms with E-state index >= 15 is 0 Å². The van der Waals surface area contributed by atoms with Crippen molar-refractivity contribution < 1.29 is 13.2 Å². The van der Waals surface area contributed by atoms with Gasteiger partial charge in [0.15, 0.2) is 9.84 Å². The molecule has 12 heteroatoms. The van der Waals surface area contributed by atoms with Crippen molar-refractivity contribution in [1.29, 1.82) is 0 Å². The number of hydrogen-bond acceptors (Lipinski definition) is 10. The third-order valence-electron chi connectivity index (χ3n) is 5.78. The molecule has 10 nitrogen and oxygen atoms in total. The van der Waals surface area contributed by atoms with Crippen molar-refractivity contribution in [1.82, 2.24) is 19.9 Å². The number of nitrogens with one attached hydrogen (secondary N) is 2. The number of ether oxygens (including phenoxy) is 1. The van der Waals surface area contributed by atoms with Gasteiger partial charge in [-0.25, -0.2) is 23.4 Å². The lowest BCUT2D eigenvalue weighted by Crippen LogP contribution is -2.32. The highest BCUT2D eigenvalue weighted by Crippen LogP contribution is 2.36. The van der Waals surface area contributed by atoms with Crippen LogP contribution in [0.5, 0.6) is 5.88 Å². The molecule has 0 aromatic carbocycles. The Balaban J connectivity index is 1.35. The molecule has 0 saturated heterocycles. The number of halogens is 1. The summed E-state index contributed by atoms with van der Waals surface area (Å²) in [6, 6.07) is 1.63. The molecule has 5 rings (SSSR count). The molecule has 0 aliphatic carbocycles. The fourth-order valence-electron chi connectivity index (χ4n) is 4.12. The number of fused-ring (bicyclic) bond motifs is 2. The highest BCUT2D eigenvalue weighted by atomic mass is 35.5. The minimum atomic E-state index is -3.23. The van der Waals surface area contributed by atoms with Gasteiger partial charge in [0.2, 0.25) is 11.8 Å². The molecule has 2 aliphatic heterocycles. The van der Waals surface area contributed by atoms with E-state index in [-0.39, 0.29) is 10.8 Å². The number of nitrogens with zero attached hydrogens (tertiary/aromatic N) is 5. The number of sulfone groups is 1. The molecule has 0 spiro atoms. The normalized spacial score (nSPS) is 15.1. The summed E-state index contributed by atoms with van der Waals surface area (Å²) in [5.41, 5.74) is 6.03. The van der Waals surface area contributed by atoms with E-state index in [4.69, 9.17) is 21.3 Å². The molecule has 2 aliphatic rings. The quantitative estimate of drug-likeness (QED) is 0.539. The zero-order valence-corrected chi connectivity index (χ0v) is 20.4. The van der Waals surface area contributed by atoms with Crippen molar-refractivity contribution >= 4 is 44.4 Å². The van der Waals surface area contributed by atoms with Gasteiger partial charge >= 0.3 is 0 Å². The molecule has 0 bridgehead atoms. The Labute approximate surface area is 202 Å². The van der Waals surface area contributed by atoms with Crippen LogP contribution in [-0.4, -0.2) is 54.3 Å². The fraction of sp³-hybridized carbons (Fsp3) is 0.364. The molecule has 0 saturated carbocycles. The van der Waals surface area contributed by atoms with Crippen LogP contribution < -0.4 is 20.3 Å². The molecule has 3 aromatic heterocycles. The van der Waals surface area contributed by atoms with Crippen LogP contribution in [0.3, 0.4) is 0 Å². The average Bonchev–Trinajstić information content (AvgIpc) is 2.80. The highest BCUT2D eigenvalue weighted by molar-refractivity contribution is 7.89. The summed E-state index contributed by atoms with van der Waals surface area (Å²) in [6.45, 7) is 4.92. The van der Waals surface area contributed by atoms with Gasteiger partial charge in [-0.3, -0.25) is 4.98 Å². The van der Waals surface area contributed by atoms with Crippen LogP contribution in [0.1, 0.15) is 22.5 Å². The van der Waals surface area contributed by atoms with Gasteiger partial charge in [-0.05, 0) is 25.0 Å².